The van der Waals surface area contributed by atoms with Crippen molar-refractivity contribution in [1.29, 1.82) is 0 Å². The van der Waals surface area contributed by atoms with Gasteiger partial charge in [-0.05, 0) is 48.7 Å². The number of hydrogen-bond acceptors (Lipinski definition) is 4. The Morgan fingerprint density at radius 2 is 2.10 bits per heavy atom. The summed E-state index contributed by atoms with van der Waals surface area (Å²) >= 11 is 3.47. The third kappa shape index (κ3) is 4.58. The predicted molar refractivity (Wildman–Crippen MR) is 86.8 cm³/mol. The predicted octanol–water partition coefficient (Wildman–Crippen LogP) is 4.04. The van der Waals surface area contributed by atoms with Crippen molar-refractivity contribution in [1.82, 2.24) is 10.3 Å². The summed E-state index contributed by atoms with van der Waals surface area (Å²) in [5, 5.41) is 6.43. The van der Waals surface area contributed by atoms with E-state index in [1.54, 1.807) is 23.5 Å². The van der Waals surface area contributed by atoms with Gasteiger partial charge in [0.15, 0.2) is 0 Å². The molecule has 1 aromatic carbocycles. The van der Waals surface area contributed by atoms with Crippen LogP contribution in [0.2, 0.25) is 0 Å². The molecule has 108 valence electrons. The molecule has 0 saturated carbocycles. The van der Waals surface area contributed by atoms with Gasteiger partial charge in [-0.3, -0.25) is 0 Å². The molecule has 0 bridgehead atoms. The van der Waals surface area contributed by atoms with Crippen LogP contribution in [-0.4, -0.2) is 23.5 Å². The van der Waals surface area contributed by atoms with E-state index in [2.05, 4.69) is 28.9 Å². The summed E-state index contributed by atoms with van der Waals surface area (Å²) in [6.45, 7) is 4.04. The highest BCUT2D eigenvalue weighted by atomic mass is 32.2. The van der Waals surface area contributed by atoms with Crippen molar-refractivity contribution in [3.8, 4) is 10.6 Å². The average molecular weight is 310 g/mol. The molecule has 0 aliphatic carbocycles. The number of rotatable bonds is 7. The molecule has 0 fully saturated rings. The smallest absolute Gasteiger partial charge is 0.123 e. The summed E-state index contributed by atoms with van der Waals surface area (Å²) in [5.41, 5.74) is 2.02. The van der Waals surface area contributed by atoms with Gasteiger partial charge in [-0.15, -0.1) is 11.3 Å². The van der Waals surface area contributed by atoms with Crippen molar-refractivity contribution < 1.29 is 4.39 Å². The number of nitrogens with zero attached hydrogens (tertiary/aromatic N) is 1. The molecule has 2 aromatic rings. The lowest BCUT2D eigenvalue weighted by atomic mass is 10.2. The molecule has 0 saturated heterocycles. The van der Waals surface area contributed by atoms with E-state index in [1.807, 2.05) is 11.8 Å². The molecule has 1 N–H and O–H groups in total. The third-order valence-corrected chi connectivity index (χ3v) is 4.74. The largest absolute Gasteiger partial charge is 0.311 e. The summed E-state index contributed by atoms with van der Waals surface area (Å²) in [6, 6.07) is 6.48. The van der Waals surface area contributed by atoms with E-state index in [0.717, 1.165) is 29.4 Å². The zero-order chi connectivity index (χ0) is 14.4. The van der Waals surface area contributed by atoms with Gasteiger partial charge in [-0.2, -0.15) is 11.8 Å². The molecule has 20 heavy (non-hydrogen) atoms. The van der Waals surface area contributed by atoms with Gasteiger partial charge in [0, 0.05) is 17.5 Å². The molecule has 1 unspecified atom stereocenters. The minimum Gasteiger partial charge on any atom is -0.311 e. The van der Waals surface area contributed by atoms with Gasteiger partial charge in [-0.1, -0.05) is 6.92 Å². The summed E-state index contributed by atoms with van der Waals surface area (Å²) in [5.74, 6) is 1.63. The maximum Gasteiger partial charge on any atom is 0.123 e. The van der Waals surface area contributed by atoms with E-state index in [1.165, 1.54) is 17.9 Å². The molecule has 2 rings (SSSR count). The second kappa shape index (κ2) is 7.76. The number of thiazole rings is 1. The highest BCUT2D eigenvalue weighted by molar-refractivity contribution is 7.98. The van der Waals surface area contributed by atoms with Crippen LogP contribution >= 0.6 is 23.1 Å². The van der Waals surface area contributed by atoms with Gasteiger partial charge in [-0.25, -0.2) is 9.37 Å². The molecule has 5 heteroatoms. The Kier molecular flexibility index (Phi) is 6.01. The Balaban J connectivity index is 1.87. The van der Waals surface area contributed by atoms with Crippen LogP contribution in [0, 0.1) is 11.7 Å². The molecule has 1 aromatic heterocycles. The van der Waals surface area contributed by atoms with E-state index in [4.69, 9.17) is 0 Å². The molecule has 0 radical (unpaired) electrons. The van der Waals surface area contributed by atoms with Crippen LogP contribution in [-0.2, 0) is 6.54 Å². The number of thioether (sulfide) groups is 1. The molecular weight excluding hydrogens is 291 g/mol. The van der Waals surface area contributed by atoms with Crippen molar-refractivity contribution in [2.24, 2.45) is 5.92 Å². The second-order valence-electron chi connectivity index (χ2n) is 4.84. The van der Waals surface area contributed by atoms with Gasteiger partial charge < -0.3 is 5.32 Å². The lowest BCUT2D eigenvalue weighted by molar-refractivity contribution is 0.556. The highest BCUT2D eigenvalue weighted by Gasteiger charge is 2.06. The first-order valence-corrected chi connectivity index (χ1v) is 8.86. The fourth-order valence-electron chi connectivity index (χ4n) is 1.90. The maximum atomic E-state index is 12.9. The molecule has 1 heterocycles. The fraction of sp³-hybridized carbons (Fsp3) is 0.400. The van der Waals surface area contributed by atoms with E-state index >= 15 is 0 Å². The minimum absolute atomic E-state index is 0.213. The quantitative estimate of drug-likeness (QED) is 0.835. The number of halogens is 1. The summed E-state index contributed by atoms with van der Waals surface area (Å²) in [4.78, 5) is 4.58. The maximum absolute atomic E-state index is 12.9. The lowest BCUT2D eigenvalue weighted by Gasteiger charge is -2.09. The summed E-state index contributed by atoms with van der Waals surface area (Å²) in [6.07, 6.45) is 2.13. The Morgan fingerprint density at radius 3 is 2.80 bits per heavy atom. The average Bonchev–Trinajstić information content (AvgIpc) is 2.89. The topological polar surface area (TPSA) is 24.9 Å². The zero-order valence-electron chi connectivity index (χ0n) is 11.7. The Bertz CT molecular complexity index is 525. The highest BCUT2D eigenvalue weighted by Crippen LogP contribution is 2.23. The first-order valence-electron chi connectivity index (χ1n) is 6.59. The Morgan fingerprint density at radius 1 is 1.35 bits per heavy atom. The van der Waals surface area contributed by atoms with Crippen molar-refractivity contribution in [3.63, 3.8) is 0 Å². The van der Waals surface area contributed by atoms with E-state index in [9.17, 15) is 4.39 Å². The lowest BCUT2D eigenvalue weighted by Crippen LogP contribution is -2.22. The molecule has 0 aliphatic rings. The van der Waals surface area contributed by atoms with Crippen molar-refractivity contribution in [2.45, 2.75) is 13.5 Å². The minimum atomic E-state index is -0.213. The van der Waals surface area contributed by atoms with Gasteiger partial charge in [0.25, 0.3) is 0 Å². The standard InChI is InChI=1S/C15H19FN2S2/c1-11(9-19-2)7-17-8-14-10-20-15(18-14)12-3-5-13(16)6-4-12/h3-6,10-11,17H,7-9H2,1-2H3. The number of nitrogens with one attached hydrogen (secondary N) is 1. The molecule has 0 spiro atoms. The van der Waals surface area contributed by atoms with Gasteiger partial charge in [0.1, 0.15) is 10.8 Å². The van der Waals surface area contributed by atoms with Crippen LogP contribution in [0.4, 0.5) is 4.39 Å². The van der Waals surface area contributed by atoms with Gasteiger partial charge in [0.05, 0.1) is 5.69 Å². The van der Waals surface area contributed by atoms with Gasteiger partial charge >= 0.3 is 0 Å². The van der Waals surface area contributed by atoms with E-state index < -0.39 is 0 Å². The SMILES string of the molecule is CSCC(C)CNCc1csc(-c2ccc(F)cc2)n1. The Hall–Kier alpha value is -0.910. The first-order chi connectivity index (χ1) is 9.69. The molecule has 0 amide bonds. The monoisotopic (exact) mass is 310 g/mol. The first kappa shape index (κ1) is 15.5. The van der Waals surface area contributed by atoms with Crippen LogP contribution < -0.4 is 5.32 Å². The van der Waals surface area contributed by atoms with Crippen LogP contribution in [0.1, 0.15) is 12.6 Å². The van der Waals surface area contributed by atoms with E-state index in [0.29, 0.717) is 5.92 Å². The normalized spacial score (nSPS) is 12.6. The van der Waals surface area contributed by atoms with Crippen LogP contribution in [0.15, 0.2) is 29.6 Å². The third-order valence-electron chi connectivity index (χ3n) is 2.89. The molecular formula is C15H19FN2S2. The molecule has 1 atom stereocenters. The Labute approximate surface area is 127 Å². The summed E-state index contributed by atoms with van der Waals surface area (Å²) in [7, 11) is 0. The van der Waals surface area contributed by atoms with Crippen LogP contribution in [0.25, 0.3) is 10.6 Å². The number of benzene rings is 1. The van der Waals surface area contributed by atoms with Crippen LogP contribution in [0.3, 0.4) is 0 Å². The molecule has 0 aliphatic heterocycles. The van der Waals surface area contributed by atoms with Gasteiger partial charge in [0.2, 0.25) is 0 Å². The molecule has 2 nitrogen and oxygen atoms in total. The van der Waals surface area contributed by atoms with Crippen molar-refractivity contribution in [2.75, 3.05) is 18.6 Å². The van der Waals surface area contributed by atoms with E-state index in [-0.39, 0.29) is 5.82 Å². The second-order valence-corrected chi connectivity index (χ2v) is 6.61. The fourth-order valence-corrected chi connectivity index (χ4v) is 3.42. The van der Waals surface area contributed by atoms with Crippen LogP contribution in [0.5, 0.6) is 0 Å². The number of aromatic nitrogens is 1. The summed E-state index contributed by atoms with van der Waals surface area (Å²) < 4.78 is 12.9. The van der Waals surface area contributed by atoms with Crippen molar-refractivity contribution >= 4 is 23.1 Å². The zero-order valence-corrected chi connectivity index (χ0v) is 13.4. The number of hydrogen-bond donors (Lipinski definition) is 1. The van der Waals surface area contributed by atoms with Crippen molar-refractivity contribution in [3.05, 3.63) is 41.2 Å².